The lowest BCUT2D eigenvalue weighted by molar-refractivity contribution is 0.663. The summed E-state index contributed by atoms with van der Waals surface area (Å²) in [6.07, 6.45) is 1.05. The molecule has 0 bridgehead atoms. The minimum atomic E-state index is 0.759. The first-order valence-electron chi connectivity index (χ1n) is 5.90. The minimum Gasteiger partial charge on any atom is -0.398 e. The lowest BCUT2D eigenvalue weighted by Crippen LogP contribution is -2.04. The van der Waals surface area contributed by atoms with Gasteiger partial charge >= 0.3 is 0 Å². The average Bonchev–Trinajstić information content (AvgIpc) is 2.62. The van der Waals surface area contributed by atoms with Gasteiger partial charge in [0, 0.05) is 17.8 Å². The predicted molar refractivity (Wildman–Crippen MR) is 69.6 cm³/mol. The van der Waals surface area contributed by atoms with Gasteiger partial charge in [-0.3, -0.25) is 0 Å². The molecule has 2 N–H and O–H groups in total. The molecule has 2 rings (SSSR count). The molecule has 0 aliphatic carbocycles. The Morgan fingerprint density at radius 1 is 1.24 bits per heavy atom. The van der Waals surface area contributed by atoms with Gasteiger partial charge in [-0.2, -0.15) is 0 Å². The number of nitrogen functional groups attached to an aromatic ring is 1. The Balaban J connectivity index is 2.60. The lowest BCUT2D eigenvalue weighted by atomic mass is 10.1. The predicted octanol–water partition coefficient (Wildman–Crippen LogP) is 2.55. The number of nitrogens with zero attached hydrogens (tertiary/aromatic N) is 3. The van der Waals surface area contributed by atoms with E-state index in [1.54, 1.807) is 0 Å². The topological polar surface area (TPSA) is 56.7 Å². The summed E-state index contributed by atoms with van der Waals surface area (Å²) in [6, 6.07) is 5.91. The molecular formula is C13H18N4. The molecule has 0 saturated heterocycles. The van der Waals surface area contributed by atoms with Crippen LogP contribution in [0.25, 0.3) is 11.4 Å². The normalized spacial score (nSPS) is 10.8. The maximum Gasteiger partial charge on any atom is 0.166 e. The Hall–Kier alpha value is -1.84. The molecule has 0 saturated carbocycles. The van der Waals surface area contributed by atoms with Gasteiger partial charge in [0.15, 0.2) is 5.82 Å². The van der Waals surface area contributed by atoms with Crippen LogP contribution in [0.3, 0.4) is 0 Å². The third-order valence-corrected chi connectivity index (χ3v) is 2.91. The largest absolute Gasteiger partial charge is 0.398 e. The Kier molecular flexibility index (Phi) is 3.13. The minimum absolute atomic E-state index is 0.759. The zero-order chi connectivity index (χ0) is 12.4. The number of nitrogens with two attached hydrogens (primary N) is 1. The van der Waals surface area contributed by atoms with E-state index < -0.39 is 0 Å². The highest BCUT2D eigenvalue weighted by Gasteiger charge is 2.14. The highest BCUT2D eigenvalue weighted by molar-refractivity contribution is 5.75. The molecule has 4 heteroatoms. The number of anilines is 1. The number of rotatable bonds is 3. The van der Waals surface area contributed by atoms with Crippen LogP contribution in [0.2, 0.25) is 0 Å². The van der Waals surface area contributed by atoms with E-state index in [-0.39, 0.29) is 0 Å². The monoisotopic (exact) mass is 230 g/mol. The molecular weight excluding hydrogens is 212 g/mol. The number of hydrogen-bond donors (Lipinski definition) is 1. The number of hydrogen-bond acceptors (Lipinski definition) is 3. The van der Waals surface area contributed by atoms with Gasteiger partial charge in [-0.1, -0.05) is 19.1 Å². The second kappa shape index (κ2) is 4.57. The van der Waals surface area contributed by atoms with E-state index in [0.717, 1.165) is 41.4 Å². The zero-order valence-electron chi connectivity index (χ0n) is 10.6. The van der Waals surface area contributed by atoms with E-state index in [9.17, 15) is 0 Å². The first kappa shape index (κ1) is 11.6. The van der Waals surface area contributed by atoms with Crippen LogP contribution in [0, 0.1) is 13.8 Å². The van der Waals surface area contributed by atoms with E-state index in [1.807, 2.05) is 32.0 Å². The summed E-state index contributed by atoms with van der Waals surface area (Å²) in [5.74, 6) is 1.81. The van der Waals surface area contributed by atoms with E-state index in [4.69, 9.17) is 5.73 Å². The summed E-state index contributed by atoms with van der Waals surface area (Å²) in [4.78, 5) is 0. The van der Waals surface area contributed by atoms with Crippen LogP contribution in [-0.2, 0) is 6.54 Å². The smallest absolute Gasteiger partial charge is 0.166 e. The fourth-order valence-corrected chi connectivity index (χ4v) is 2.05. The van der Waals surface area contributed by atoms with Gasteiger partial charge in [-0.25, -0.2) is 0 Å². The third-order valence-electron chi connectivity index (χ3n) is 2.91. The number of benzene rings is 1. The molecule has 0 unspecified atom stereocenters. The van der Waals surface area contributed by atoms with Crippen LogP contribution in [-0.4, -0.2) is 14.8 Å². The van der Waals surface area contributed by atoms with Gasteiger partial charge in [0.1, 0.15) is 5.82 Å². The van der Waals surface area contributed by atoms with Crippen molar-refractivity contribution in [3.8, 4) is 11.4 Å². The van der Waals surface area contributed by atoms with Crippen molar-refractivity contribution in [3.63, 3.8) is 0 Å². The number of aryl methyl sites for hydroxylation is 2. The molecule has 90 valence electrons. The Bertz CT molecular complexity index is 508. The van der Waals surface area contributed by atoms with E-state index in [1.165, 1.54) is 0 Å². The second-order valence-electron chi connectivity index (χ2n) is 4.26. The first-order valence-corrected chi connectivity index (χ1v) is 5.90. The van der Waals surface area contributed by atoms with Gasteiger partial charge in [0.05, 0.1) is 0 Å². The summed E-state index contributed by atoms with van der Waals surface area (Å²) >= 11 is 0. The molecule has 2 aromatic rings. The highest BCUT2D eigenvalue weighted by Crippen LogP contribution is 2.28. The maximum absolute atomic E-state index is 6.05. The van der Waals surface area contributed by atoms with Gasteiger partial charge in [0.2, 0.25) is 0 Å². The van der Waals surface area contributed by atoms with Crippen LogP contribution in [0.4, 0.5) is 5.69 Å². The van der Waals surface area contributed by atoms with Gasteiger partial charge in [-0.05, 0) is 31.9 Å². The van der Waals surface area contributed by atoms with Crippen LogP contribution in [0.1, 0.15) is 24.7 Å². The average molecular weight is 230 g/mol. The molecule has 0 radical (unpaired) electrons. The molecule has 0 fully saturated rings. The molecule has 1 aromatic carbocycles. The fourth-order valence-electron chi connectivity index (χ4n) is 2.05. The molecule has 0 aliphatic rings. The lowest BCUT2D eigenvalue weighted by Gasteiger charge is -2.11. The SMILES string of the molecule is CCCn1c(C)nnc1-c1c(C)cccc1N. The molecule has 1 aromatic heterocycles. The van der Waals surface area contributed by atoms with Crippen molar-refractivity contribution < 1.29 is 0 Å². The van der Waals surface area contributed by atoms with Gasteiger partial charge in [0.25, 0.3) is 0 Å². The Morgan fingerprint density at radius 3 is 2.65 bits per heavy atom. The first-order chi connectivity index (χ1) is 8.15. The molecule has 0 atom stereocenters. The molecule has 17 heavy (non-hydrogen) atoms. The summed E-state index contributed by atoms with van der Waals surface area (Å²) in [5, 5.41) is 8.41. The van der Waals surface area contributed by atoms with Gasteiger partial charge < -0.3 is 10.3 Å². The second-order valence-corrected chi connectivity index (χ2v) is 4.26. The molecule has 1 heterocycles. The van der Waals surface area contributed by atoms with E-state index >= 15 is 0 Å². The van der Waals surface area contributed by atoms with E-state index in [0.29, 0.717) is 0 Å². The van der Waals surface area contributed by atoms with Crippen molar-refractivity contribution in [2.45, 2.75) is 33.7 Å². The summed E-state index contributed by atoms with van der Waals surface area (Å²) in [7, 11) is 0. The van der Waals surface area contributed by atoms with Crippen molar-refractivity contribution >= 4 is 5.69 Å². The van der Waals surface area contributed by atoms with Crippen molar-refractivity contribution in [2.24, 2.45) is 0 Å². The Labute approximate surface area is 101 Å². The van der Waals surface area contributed by atoms with Crippen LogP contribution >= 0.6 is 0 Å². The summed E-state index contributed by atoms with van der Waals surface area (Å²) < 4.78 is 2.12. The van der Waals surface area contributed by atoms with Crippen LogP contribution < -0.4 is 5.73 Å². The van der Waals surface area contributed by atoms with Crippen LogP contribution in [0.15, 0.2) is 18.2 Å². The van der Waals surface area contributed by atoms with Crippen molar-refractivity contribution in [1.82, 2.24) is 14.8 Å². The molecule has 0 amide bonds. The quantitative estimate of drug-likeness (QED) is 0.824. The van der Waals surface area contributed by atoms with Gasteiger partial charge in [-0.15, -0.1) is 10.2 Å². The third kappa shape index (κ3) is 2.02. The van der Waals surface area contributed by atoms with Crippen LogP contribution in [0.5, 0.6) is 0 Å². The van der Waals surface area contributed by atoms with Crippen molar-refractivity contribution in [2.75, 3.05) is 5.73 Å². The maximum atomic E-state index is 6.05. The molecule has 0 spiro atoms. The number of aromatic nitrogens is 3. The van der Waals surface area contributed by atoms with E-state index in [2.05, 4.69) is 21.7 Å². The Morgan fingerprint density at radius 2 is 2.00 bits per heavy atom. The summed E-state index contributed by atoms with van der Waals surface area (Å²) in [5.41, 5.74) is 8.94. The van der Waals surface area contributed by atoms with Crippen molar-refractivity contribution in [1.29, 1.82) is 0 Å². The fraction of sp³-hybridized carbons (Fsp3) is 0.385. The van der Waals surface area contributed by atoms with Crippen molar-refractivity contribution in [3.05, 3.63) is 29.6 Å². The molecule has 4 nitrogen and oxygen atoms in total. The molecule has 0 aliphatic heterocycles. The zero-order valence-corrected chi connectivity index (χ0v) is 10.6. The summed E-state index contributed by atoms with van der Waals surface area (Å²) in [6.45, 7) is 7.08. The highest BCUT2D eigenvalue weighted by atomic mass is 15.3. The standard InChI is InChI=1S/C13H18N4/c1-4-8-17-10(3)15-16-13(17)12-9(2)6-5-7-11(12)14/h5-7H,4,8,14H2,1-3H3.